The van der Waals surface area contributed by atoms with Crippen LogP contribution in [0.4, 0.5) is 5.69 Å². The summed E-state index contributed by atoms with van der Waals surface area (Å²) in [5.74, 6) is 0.352. The van der Waals surface area contributed by atoms with Crippen LogP contribution >= 0.6 is 0 Å². The van der Waals surface area contributed by atoms with E-state index in [-0.39, 0.29) is 16.7 Å². The zero-order chi connectivity index (χ0) is 24.7. The van der Waals surface area contributed by atoms with Gasteiger partial charge in [0.2, 0.25) is 21.8 Å². The fraction of sp³-hybridized carbons (Fsp3) is 0.417. The third kappa shape index (κ3) is 7.02. The van der Waals surface area contributed by atoms with Gasteiger partial charge in [-0.15, -0.1) is 0 Å². The summed E-state index contributed by atoms with van der Waals surface area (Å²) in [5.41, 5.74) is 1.73. The first-order valence-corrected chi connectivity index (χ1v) is 12.7. The fourth-order valence-corrected chi connectivity index (χ4v) is 5.01. The molecular weight excluding hydrogens is 456 g/mol. The Morgan fingerprint density at radius 3 is 2.18 bits per heavy atom. The maximum Gasteiger partial charge on any atom is 0.241 e. The maximum atomic E-state index is 12.9. The van der Waals surface area contributed by atoms with Crippen LogP contribution in [0.25, 0.3) is 0 Å². The van der Waals surface area contributed by atoms with Gasteiger partial charge < -0.3 is 15.0 Å². The molecule has 0 aliphatic carbocycles. The van der Waals surface area contributed by atoms with Crippen molar-refractivity contribution in [2.75, 3.05) is 45.2 Å². The predicted molar refractivity (Wildman–Crippen MR) is 130 cm³/mol. The third-order valence-electron chi connectivity index (χ3n) is 5.75. The van der Waals surface area contributed by atoms with E-state index in [0.717, 1.165) is 31.8 Å². The number of anilines is 1. The lowest BCUT2D eigenvalue weighted by Gasteiger charge is -2.36. The van der Waals surface area contributed by atoms with Crippen LogP contribution in [0.1, 0.15) is 19.4 Å². The first-order chi connectivity index (χ1) is 16.2. The molecule has 0 bridgehead atoms. The molecule has 2 aromatic rings. The van der Waals surface area contributed by atoms with Crippen LogP contribution in [-0.4, -0.2) is 75.9 Å². The zero-order valence-electron chi connectivity index (χ0n) is 19.8. The van der Waals surface area contributed by atoms with Gasteiger partial charge in [0.25, 0.3) is 0 Å². The lowest BCUT2D eigenvalue weighted by Crippen LogP contribution is -2.54. The van der Waals surface area contributed by atoms with E-state index >= 15 is 0 Å². The number of carbonyl (C=O) groups excluding carboxylic acids is 2. The summed E-state index contributed by atoms with van der Waals surface area (Å²) in [6.07, 6.45) is 0.912. The summed E-state index contributed by atoms with van der Waals surface area (Å²) in [6, 6.07) is 12.9. The van der Waals surface area contributed by atoms with Crippen molar-refractivity contribution in [2.24, 2.45) is 0 Å². The van der Waals surface area contributed by atoms with Gasteiger partial charge in [0, 0.05) is 45.3 Å². The average molecular weight is 489 g/mol. The van der Waals surface area contributed by atoms with Gasteiger partial charge in [0.05, 0.1) is 18.0 Å². The van der Waals surface area contributed by atoms with E-state index in [1.807, 2.05) is 12.1 Å². The summed E-state index contributed by atoms with van der Waals surface area (Å²) in [7, 11) is -2.23. The molecule has 0 spiro atoms. The number of ether oxygens (including phenoxy) is 1. The molecule has 2 amide bonds. The van der Waals surface area contributed by atoms with Crippen LogP contribution in [0.5, 0.6) is 5.75 Å². The van der Waals surface area contributed by atoms with Gasteiger partial charge in [-0.3, -0.25) is 14.5 Å². The molecule has 2 N–H and O–H groups in total. The van der Waals surface area contributed by atoms with Crippen molar-refractivity contribution in [2.45, 2.75) is 31.2 Å². The number of hydrogen-bond acceptors (Lipinski definition) is 6. The number of piperazine rings is 1. The smallest absolute Gasteiger partial charge is 0.241 e. The van der Waals surface area contributed by atoms with Crippen molar-refractivity contribution < 1.29 is 22.7 Å². The molecule has 1 aliphatic heterocycles. The molecule has 1 heterocycles. The van der Waals surface area contributed by atoms with E-state index in [1.165, 1.54) is 36.8 Å². The Balaban J connectivity index is 1.47. The van der Waals surface area contributed by atoms with Crippen molar-refractivity contribution in [3.05, 3.63) is 54.1 Å². The molecule has 1 atom stereocenters. The van der Waals surface area contributed by atoms with E-state index in [0.29, 0.717) is 18.8 Å². The summed E-state index contributed by atoms with van der Waals surface area (Å²) < 4.78 is 33.0. The van der Waals surface area contributed by atoms with Crippen molar-refractivity contribution in [3.63, 3.8) is 0 Å². The number of methoxy groups -OCH3 is 1. The highest BCUT2D eigenvalue weighted by atomic mass is 32.2. The second kappa shape index (κ2) is 11.5. The Hall–Kier alpha value is -2.95. The van der Waals surface area contributed by atoms with E-state index in [1.54, 1.807) is 18.9 Å². The zero-order valence-corrected chi connectivity index (χ0v) is 20.6. The molecule has 0 saturated carbocycles. The molecule has 2 aromatic carbocycles. The molecule has 0 unspecified atom stereocenters. The van der Waals surface area contributed by atoms with E-state index in [9.17, 15) is 18.0 Å². The van der Waals surface area contributed by atoms with Crippen molar-refractivity contribution in [3.8, 4) is 5.75 Å². The molecule has 1 aliphatic rings. The van der Waals surface area contributed by atoms with Crippen LogP contribution in [-0.2, 0) is 26.0 Å². The number of sulfonamides is 1. The minimum absolute atomic E-state index is 0.0320. The van der Waals surface area contributed by atoms with Gasteiger partial charge in [-0.1, -0.05) is 12.1 Å². The molecule has 10 heteroatoms. The SMILES string of the molecule is COc1ccc(CCN2CCN(C(=O)[C@H](C)NS(=O)(=O)c3ccc(NC(C)=O)cc3)CC2)cc1. The van der Waals surface area contributed by atoms with Crippen LogP contribution in [0, 0.1) is 0 Å². The molecule has 0 radical (unpaired) electrons. The first-order valence-electron chi connectivity index (χ1n) is 11.2. The van der Waals surface area contributed by atoms with Gasteiger partial charge in [-0.2, -0.15) is 4.72 Å². The monoisotopic (exact) mass is 488 g/mol. The number of benzene rings is 2. The number of rotatable bonds is 9. The Bertz CT molecular complexity index is 1080. The maximum absolute atomic E-state index is 12.9. The van der Waals surface area contributed by atoms with Gasteiger partial charge in [-0.25, -0.2) is 8.42 Å². The lowest BCUT2D eigenvalue weighted by molar-refractivity contribution is -0.134. The number of nitrogens with zero attached hydrogens (tertiary/aromatic N) is 2. The third-order valence-corrected chi connectivity index (χ3v) is 7.30. The predicted octanol–water partition coefficient (Wildman–Crippen LogP) is 1.71. The highest BCUT2D eigenvalue weighted by Gasteiger charge is 2.28. The van der Waals surface area contributed by atoms with Crippen LogP contribution in [0.15, 0.2) is 53.4 Å². The van der Waals surface area contributed by atoms with Crippen molar-refractivity contribution in [1.82, 2.24) is 14.5 Å². The highest BCUT2D eigenvalue weighted by Crippen LogP contribution is 2.16. The summed E-state index contributed by atoms with van der Waals surface area (Å²) >= 11 is 0. The number of nitrogens with one attached hydrogen (secondary N) is 2. The van der Waals surface area contributed by atoms with Gasteiger partial charge >= 0.3 is 0 Å². The Labute approximate surface area is 201 Å². The highest BCUT2D eigenvalue weighted by molar-refractivity contribution is 7.89. The summed E-state index contributed by atoms with van der Waals surface area (Å²) in [6.45, 7) is 6.42. The Morgan fingerprint density at radius 1 is 1.00 bits per heavy atom. The van der Waals surface area contributed by atoms with Crippen molar-refractivity contribution >= 4 is 27.5 Å². The molecule has 3 rings (SSSR count). The minimum Gasteiger partial charge on any atom is -0.497 e. The lowest BCUT2D eigenvalue weighted by atomic mass is 10.1. The van der Waals surface area contributed by atoms with E-state index in [4.69, 9.17) is 4.74 Å². The largest absolute Gasteiger partial charge is 0.497 e. The molecule has 9 nitrogen and oxygen atoms in total. The standard InChI is InChI=1S/C24H32N4O5S/c1-18(26-34(31,32)23-10-6-21(7-11-23)25-19(2)29)24(30)28-16-14-27(15-17-28)13-12-20-4-8-22(33-3)9-5-20/h4-11,18,26H,12-17H2,1-3H3,(H,25,29)/t18-/m0/s1. The van der Waals surface area contributed by atoms with Crippen LogP contribution in [0.2, 0.25) is 0 Å². The quantitative estimate of drug-likeness (QED) is 0.556. The summed E-state index contributed by atoms with van der Waals surface area (Å²) in [4.78, 5) is 28.0. The number of carbonyl (C=O) groups is 2. The minimum atomic E-state index is -3.87. The fourth-order valence-electron chi connectivity index (χ4n) is 3.82. The van der Waals surface area contributed by atoms with E-state index in [2.05, 4.69) is 27.1 Å². The van der Waals surface area contributed by atoms with Gasteiger partial charge in [0.15, 0.2) is 0 Å². The molecule has 1 fully saturated rings. The second-order valence-electron chi connectivity index (χ2n) is 8.31. The molecule has 184 valence electrons. The average Bonchev–Trinajstić information content (AvgIpc) is 2.82. The Morgan fingerprint density at radius 2 is 1.62 bits per heavy atom. The molecular formula is C24H32N4O5S. The van der Waals surface area contributed by atoms with Gasteiger partial charge in [-0.05, 0) is 55.3 Å². The van der Waals surface area contributed by atoms with Crippen LogP contribution in [0.3, 0.4) is 0 Å². The second-order valence-corrected chi connectivity index (χ2v) is 10.0. The molecule has 1 saturated heterocycles. The Kier molecular flexibility index (Phi) is 8.65. The normalized spacial score (nSPS) is 15.6. The van der Waals surface area contributed by atoms with Crippen LogP contribution < -0.4 is 14.8 Å². The first kappa shape index (κ1) is 25.7. The van der Waals surface area contributed by atoms with Crippen molar-refractivity contribution in [1.29, 1.82) is 0 Å². The topological polar surface area (TPSA) is 108 Å². The molecule has 34 heavy (non-hydrogen) atoms. The van der Waals surface area contributed by atoms with Gasteiger partial charge in [0.1, 0.15) is 5.75 Å². The number of amides is 2. The van der Waals surface area contributed by atoms with E-state index < -0.39 is 16.1 Å². The number of hydrogen-bond donors (Lipinski definition) is 2. The summed E-state index contributed by atoms with van der Waals surface area (Å²) in [5, 5.41) is 2.59. The molecule has 0 aromatic heterocycles.